The van der Waals surface area contributed by atoms with Crippen LogP contribution < -0.4 is 16.2 Å². The van der Waals surface area contributed by atoms with E-state index in [1.165, 1.54) is 12.4 Å². The summed E-state index contributed by atoms with van der Waals surface area (Å²) in [7, 11) is 0. The van der Waals surface area contributed by atoms with E-state index in [0.29, 0.717) is 35.7 Å². The van der Waals surface area contributed by atoms with Gasteiger partial charge in [-0.2, -0.15) is 13.2 Å². The molecule has 0 aliphatic rings. The van der Waals surface area contributed by atoms with E-state index in [2.05, 4.69) is 20.1 Å². The Balaban J connectivity index is 0.000000587. The first kappa shape index (κ1) is 30.5. The molecule has 2 aromatic carbocycles. The first-order valence-electron chi connectivity index (χ1n) is 12.0. The topological polar surface area (TPSA) is 173 Å². The lowest BCUT2D eigenvalue weighted by molar-refractivity contribution is -0.192. The molecule has 4 aromatic rings. The van der Waals surface area contributed by atoms with Gasteiger partial charge in [-0.3, -0.25) is 10.4 Å². The predicted molar refractivity (Wildman–Crippen MR) is 139 cm³/mol. The van der Waals surface area contributed by atoms with Crippen molar-refractivity contribution in [1.29, 1.82) is 5.41 Å². The zero-order valence-corrected chi connectivity index (χ0v) is 21.5. The summed E-state index contributed by atoms with van der Waals surface area (Å²) < 4.78 is 52.1. The molecule has 0 fully saturated rings. The normalized spacial score (nSPS) is 11.7. The van der Waals surface area contributed by atoms with Crippen molar-refractivity contribution in [2.45, 2.75) is 32.1 Å². The van der Waals surface area contributed by atoms with Crippen LogP contribution in [0, 0.1) is 5.41 Å². The Kier molecular flexibility index (Phi) is 9.90. The molecular formula is C26H25F4N7O4. The number of rotatable bonds is 9. The summed E-state index contributed by atoms with van der Waals surface area (Å²) in [4.78, 5) is 32.6. The average Bonchev–Trinajstić information content (AvgIpc) is 3.33. The summed E-state index contributed by atoms with van der Waals surface area (Å²) in [5.74, 6) is -2.14. The van der Waals surface area contributed by atoms with E-state index < -0.39 is 30.4 Å². The van der Waals surface area contributed by atoms with Crippen molar-refractivity contribution < 1.29 is 32.2 Å². The van der Waals surface area contributed by atoms with Gasteiger partial charge in [0.25, 0.3) is 5.95 Å². The molecule has 0 saturated heterocycles. The number of benzene rings is 2. The zero-order chi connectivity index (χ0) is 30.2. The largest absolute Gasteiger partial charge is 0.494 e. The van der Waals surface area contributed by atoms with E-state index >= 15 is 0 Å². The Morgan fingerprint density at radius 2 is 1.78 bits per heavy atom. The van der Waals surface area contributed by atoms with E-state index in [9.17, 15) is 22.4 Å². The molecule has 0 aliphatic carbocycles. The van der Waals surface area contributed by atoms with Crippen LogP contribution >= 0.6 is 0 Å². The van der Waals surface area contributed by atoms with Gasteiger partial charge in [0.15, 0.2) is 0 Å². The van der Waals surface area contributed by atoms with Gasteiger partial charge in [0, 0.05) is 23.9 Å². The number of hydrogen-bond donors (Lipinski definition) is 4. The number of carboxylic acids is 1. The van der Waals surface area contributed by atoms with E-state index in [1.54, 1.807) is 30.3 Å². The molecule has 41 heavy (non-hydrogen) atoms. The molecule has 11 nitrogen and oxygen atoms in total. The lowest BCUT2D eigenvalue weighted by Gasteiger charge is -2.18. The number of H-pyrrole nitrogens is 1. The summed E-state index contributed by atoms with van der Waals surface area (Å²) in [6.07, 6.45) is -1.59. The minimum atomic E-state index is -5.08. The van der Waals surface area contributed by atoms with Crippen LogP contribution in [0.25, 0.3) is 5.95 Å². The van der Waals surface area contributed by atoms with E-state index in [-0.39, 0.29) is 11.8 Å². The molecule has 15 heteroatoms. The van der Waals surface area contributed by atoms with Gasteiger partial charge in [-0.25, -0.2) is 23.9 Å². The van der Waals surface area contributed by atoms with Gasteiger partial charge in [0.1, 0.15) is 24.1 Å². The second-order valence-electron chi connectivity index (χ2n) is 8.42. The molecule has 2 aromatic heterocycles. The number of hydrogen-bond acceptors (Lipinski definition) is 7. The van der Waals surface area contributed by atoms with Gasteiger partial charge in [-0.15, -0.1) is 9.78 Å². The third-order valence-corrected chi connectivity index (χ3v) is 5.51. The molecule has 5 N–H and O–H groups in total. The fourth-order valence-electron chi connectivity index (χ4n) is 3.68. The van der Waals surface area contributed by atoms with Gasteiger partial charge in [-0.05, 0) is 48.2 Å². The Bertz CT molecular complexity index is 1540. The van der Waals surface area contributed by atoms with Crippen molar-refractivity contribution in [3.63, 3.8) is 0 Å². The summed E-state index contributed by atoms with van der Waals surface area (Å²) in [6.45, 7) is 1.63. The van der Waals surface area contributed by atoms with E-state index in [4.69, 9.17) is 25.8 Å². The zero-order valence-electron chi connectivity index (χ0n) is 21.5. The fraction of sp³-hybridized carbons (Fsp3) is 0.231. The van der Waals surface area contributed by atoms with Crippen LogP contribution in [0.2, 0.25) is 0 Å². The molecule has 216 valence electrons. The van der Waals surface area contributed by atoms with Crippen molar-refractivity contribution in [2.75, 3.05) is 6.61 Å². The van der Waals surface area contributed by atoms with Gasteiger partial charge in [0.05, 0.1) is 6.61 Å². The van der Waals surface area contributed by atoms with Crippen LogP contribution in [-0.2, 0) is 17.9 Å². The van der Waals surface area contributed by atoms with Crippen molar-refractivity contribution >= 4 is 11.8 Å². The molecule has 2 heterocycles. The average molecular weight is 576 g/mol. The number of amidine groups is 1. The highest BCUT2D eigenvalue weighted by Gasteiger charge is 2.38. The van der Waals surface area contributed by atoms with Gasteiger partial charge >= 0.3 is 17.8 Å². The standard InChI is InChI=1S/C24H24FN7O2.C2HF3O2/c1-2-34-19-11-16(14-25)10-18(13-19)20(12-15-4-6-17(7-5-15)21(26)27)22-30-24(33)32(31-22)23-28-8-3-9-29-23;3-2(4,5)1(6)7/h3-11,13,20H,2,12,14H2,1H3,(H3,26,27)(H,30,31,33);(H,6,7). The van der Waals surface area contributed by atoms with Crippen LogP contribution in [0.15, 0.2) is 65.7 Å². The van der Waals surface area contributed by atoms with Crippen LogP contribution in [0.3, 0.4) is 0 Å². The molecule has 1 atom stereocenters. The van der Waals surface area contributed by atoms with Crippen molar-refractivity contribution in [3.8, 4) is 11.7 Å². The number of carboxylic acid groups (broad SMARTS) is 1. The molecular weight excluding hydrogens is 550 g/mol. The number of halogens is 4. The molecule has 0 bridgehead atoms. The summed E-state index contributed by atoms with van der Waals surface area (Å²) in [5.41, 5.74) is 7.82. The summed E-state index contributed by atoms with van der Waals surface area (Å²) in [5, 5.41) is 19.2. The highest BCUT2D eigenvalue weighted by Crippen LogP contribution is 2.30. The molecule has 0 spiro atoms. The minimum absolute atomic E-state index is 0.0222. The highest BCUT2D eigenvalue weighted by molar-refractivity contribution is 5.94. The van der Waals surface area contributed by atoms with Gasteiger partial charge in [0.2, 0.25) is 0 Å². The van der Waals surface area contributed by atoms with Crippen LogP contribution in [0.5, 0.6) is 5.75 Å². The molecule has 0 radical (unpaired) electrons. The number of aliphatic carboxylic acids is 1. The van der Waals surface area contributed by atoms with Gasteiger partial charge in [-0.1, -0.05) is 30.3 Å². The number of alkyl halides is 4. The molecule has 4 rings (SSSR count). The first-order chi connectivity index (χ1) is 19.4. The lowest BCUT2D eigenvalue weighted by atomic mass is 9.90. The smallest absolute Gasteiger partial charge is 0.490 e. The summed E-state index contributed by atoms with van der Waals surface area (Å²) >= 11 is 0. The number of aromatic amines is 1. The lowest BCUT2D eigenvalue weighted by Crippen LogP contribution is -2.21. The first-order valence-corrected chi connectivity index (χ1v) is 12.0. The predicted octanol–water partition coefficient (Wildman–Crippen LogP) is 3.51. The number of nitrogens with zero attached hydrogens (tertiary/aromatic N) is 4. The number of nitrogens with two attached hydrogens (primary N) is 1. The van der Waals surface area contributed by atoms with Crippen LogP contribution in [-0.4, -0.2) is 54.4 Å². The second kappa shape index (κ2) is 13.3. The van der Waals surface area contributed by atoms with E-state index in [1.807, 2.05) is 25.1 Å². The maximum absolute atomic E-state index is 13.6. The Hall–Kier alpha value is -5.08. The van der Waals surface area contributed by atoms with Gasteiger partial charge < -0.3 is 15.6 Å². The third-order valence-electron chi connectivity index (χ3n) is 5.51. The summed E-state index contributed by atoms with van der Waals surface area (Å²) in [6, 6.07) is 14.1. The third kappa shape index (κ3) is 8.20. The number of ether oxygens (including phenoxy) is 1. The monoisotopic (exact) mass is 575 g/mol. The van der Waals surface area contributed by atoms with Crippen LogP contribution in [0.4, 0.5) is 17.6 Å². The maximum atomic E-state index is 13.6. The Labute approximate surface area is 230 Å². The molecule has 1 unspecified atom stereocenters. The maximum Gasteiger partial charge on any atom is 0.490 e. The Morgan fingerprint density at radius 3 is 2.32 bits per heavy atom. The van der Waals surface area contributed by atoms with Crippen molar-refractivity contribution in [1.82, 2.24) is 24.7 Å². The highest BCUT2D eigenvalue weighted by atomic mass is 19.4. The molecule has 0 aliphatic heterocycles. The van der Waals surface area contributed by atoms with Crippen molar-refractivity contribution in [3.05, 3.63) is 99.5 Å². The van der Waals surface area contributed by atoms with Crippen LogP contribution in [0.1, 0.15) is 40.9 Å². The fourth-order valence-corrected chi connectivity index (χ4v) is 3.68. The number of carbonyl (C=O) groups is 1. The number of nitrogens with one attached hydrogen (secondary N) is 2. The minimum Gasteiger partial charge on any atom is -0.494 e. The number of aromatic nitrogens is 5. The SMILES string of the molecule is CCOc1cc(CF)cc(C(Cc2ccc(C(=N)N)cc2)c2nn(-c3ncccn3)c(=O)[nH]2)c1.O=C(O)C(F)(F)F. The van der Waals surface area contributed by atoms with E-state index in [0.717, 1.165) is 15.8 Å². The Morgan fingerprint density at radius 1 is 1.15 bits per heavy atom. The second-order valence-corrected chi connectivity index (χ2v) is 8.42. The van der Waals surface area contributed by atoms with Crippen molar-refractivity contribution in [2.24, 2.45) is 5.73 Å². The molecule has 0 saturated carbocycles. The quantitative estimate of drug-likeness (QED) is 0.133. The molecule has 0 amide bonds. The number of nitrogen functional groups attached to an aromatic ring is 1.